The summed E-state index contributed by atoms with van der Waals surface area (Å²) in [7, 11) is 0. The van der Waals surface area contributed by atoms with Crippen LogP contribution in [0.4, 0.5) is 0 Å². The third kappa shape index (κ3) is 3.08. The van der Waals surface area contributed by atoms with E-state index in [0.29, 0.717) is 11.5 Å². The first-order valence-electron chi connectivity index (χ1n) is 4.24. The number of hydrogen-bond donors (Lipinski definition) is 2. The number of nitrogens with two attached hydrogens (primary N) is 1. The number of hydrogen-bond acceptors (Lipinski definition) is 4. The molecule has 3 N–H and O–H groups in total. The molecule has 0 saturated carbocycles. The lowest BCUT2D eigenvalue weighted by molar-refractivity contribution is 0.0695. The van der Waals surface area contributed by atoms with Gasteiger partial charge in [0.05, 0.1) is 12.0 Å². The minimum atomic E-state index is -0.949. The fourth-order valence-electron chi connectivity index (χ4n) is 0.980. The Morgan fingerprint density at radius 2 is 2.50 bits per heavy atom. The summed E-state index contributed by atoms with van der Waals surface area (Å²) in [5.74, 6) is 0.897. The van der Waals surface area contributed by atoms with Crippen LogP contribution in [0.15, 0.2) is 16.7 Å². The molecule has 1 heterocycles. The Hall–Kier alpha value is -0.940. The summed E-state index contributed by atoms with van der Waals surface area (Å²) in [6.07, 6.45) is 1.39. The van der Waals surface area contributed by atoms with Gasteiger partial charge in [-0.05, 0) is 13.0 Å². The highest BCUT2D eigenvalue weighted by atomic mass is 32.2. The van der Waals surface area contributed by atoms with Crippen molar-refractivity contribution in [1.29, 1.82) is 0 Å². The zero-order valence-corrected chi connectivity index (χ0v) is 8.71. The van der Waals surface area contributed by atoms with E-state index in [9.17, 15) is 4.79 Å². The molecule has 1 unspecified atom stereocenters. The van der Waals surface area contributed by atoms with Crippen LogP contribution in [0.25, 0.3) is 0 Å². The first-order valence-corrected chi connectivity index (χ1v) is 5.39. The van der Waals surface area contributed by atoms with Crippen LogP contribution in [0.3, 0.4) is 0 Å². The summed E-state index contributed by atoms with van der Waals surface area (Å²) in [5.41, 5.74) is 5.80. The third-order valence-corrected chi connectivity index (χ3v) is 2.82. The van der Waals surface area contributed by atoms with E-state index in [4.69, 9.17) is 15.3 Å². The second-order valence-electron chi connectivity index (χ2n) is 3.06. The maximum absolute atomic E-state index is 10.7. The van der Waals surface area contributed by atoms with Crippen LogP contribution in [0.1, 0.15) is 23.0 Å². The molecule has 4 nitrogen and oxygen atoms in total. The Morgan fingerprint density at radius 3 is 3.07 bits per heavy atom. The van der Waals surface area contributed by atoms with Gasteiger partial charge in [0.15, 0.2) is 0 Å². The topological polar surface area (TPSA) is 76.5 Å². The molecule has 0 aliphatic carbocycles. The maximum atomic E-state index is 10.7. The second kappa shape index (κ2) is 5.07. The minimum absolute atomic E-state index is 0.114. The SMILES string of the molecule is CC(N)CSCc1occc1C(=O)O. The Morgan fingerprint density at radius 1 is 1.79 bits per heavy atom. The number of carboxylic acid groups (broad SMARTS) is 1. The molecule has 1 aromatic rings. The summed E-state index contributed by atoms with van der Waals surface area (Å²) in [6.45, 7) is 1.91. The summed E-state index contributed by atoms with van der Waals surface area (Å²) in [6, 6.07) is 1.58. The molecule has 0 saturated heterocycles. The van der Waals surface area contributed by atoms with Crippen LogP contribution in [0.5, 0.6) is 0 Å². The van der Waals surface area contributed by atoms with Crippen LogP contribution in [-0.2, 0) is 5.75 Å². The second-order valence-corrected chi connectivity index (χ2v) is 4.09. The van der Waals surface area contributed by atoms with Crippen molar-refractivity contribution in [3.05, 3.63) is 23.7 Å². The normalized spacial score (nSPS) is 12.7. The van der Waals surface area contributed by atoms with Crippen LogP contribution in [0, 0.1) is 0 Å². The standard InChI is InChI=1S/C9H13NO3S/c1-6(10)4-14-5-8-7(9(11)12)2-3-13-8/h2-3,6H,4-5,10H2,1H3,(H,11,12). The highest BCUT2D eigenvalue weighted by Gasteiger charge is 2.12. The van der Waals surface area contributed by atoms with E-state index in [1.807, 2.05) is 6.92 Å². The van der Waals surface area contributed by atoms with Crippen LogP contribution in [0.2, 0.25) is 0 Å². The van der Waals surface area contributed by atoms with Gasteiger partial charge in [-0.3, -0.25) is 0 Å². The van der Waals surface area contributed by atoms with Gasteiger partial charge in [0.25, 0.3) is 0 Å². The van der Waals surface area contributed by atoms with Crippen LogP contribution < -0.4 is 5.73 Å². The molecule has 1 rings (SSSR count). The van der Waals surface area contributed by atoms with Crippen LogP contribution >= 0.6 is 11.8 Å². The Kier molecular flexibility index (Phi) is 4.03. The highest BCUT2D eigenvalue weighted by molar-refractivity contribution is 7.98. The average Bonchev–Trinajstić information content (AvgIpc) is 2.51. The number of carboxylic acids is 1. The molecule has 0 fully saturated rings. The fraction of sp³-hybridized carbons (Fsp3) is 0.444. The molecule has 0 bridgehead atoms. The van der Waals surface area contributed by atoms with Crippen molar-refractivity contribution in [2.45, 2.75) is 18.7 Å². The van der Waals surface area contributed by atoms with Crippen molar-refractivity contribution in [2.24, 2.45) is 5.73 Å². The summed E-state index contributed by atoms with van der Waals surface area (Å²) in [4.78, 5) is 10.7. The van der Waals surface area contributed by atoms with Gasteiger partial charge in [0, 0.05) is 11.8 Å². The van der Waals surface area contributed by atoms with Gasteiger partial charge in [0.1, 0.15) is 11.3 Å². The molecule has 0 amide bonds. The Labute approximate surface area is 86.5 Å². The minimum Gasteiger partial charge on any atom is -0.478 e. The average molecular weight is 215 g/mol. The van der Waals surface area contributed by atoms with E-state index in [0.717, 1.165) is 5.75 Å². The number of thioether (sulfide) groups is 1. The van der Waals surface area contributed by atoms with E-state index in [2.05, 4.69) is 0 Å². The van der Waals surface area contributed by atoms with Gasteiger partial charge in [-0.1, -0.05) is 0 Å². The first-order chi connectivity index (χ1) is 6.61. The monoisotopic (exact) mass is 215 g/mol. The van der Waals surface area contributed by atoms with E-state index >= 15 is 0 Å². The first kappa shape index (κ1) is 11.1. The summed E-state index contributed by atoms with van der Waals surface area (Å²) >= 11 is 1.57. The summed E-state index contributed by atoms with van der Waals surface area (Å²) < 4.78 is 5.07. The maximum Gasteiger partial charge on any atom is 0.339 e. The van der Waals surface area contributed by atoms with Crippen molar-refractivity contribution >= 4 is 17.7 Å². The van der Waals surface area contributed by atoms with Crippen molar-refractivity contribution in [3.8, 4) is 0 Å². The lowest BCUT2D eigenvalue weighted by Crippen LogP contribution is -2.17. The lowest BCUT2D eigenvalue weighted by atomic mass is 10.3. The zero-order chi connectivity index (χ0) is 10.6. The fourth-order valence-corrected chi connectivity index (χ4v) is 1.88. The van der Waals surface area contributed by atoms with Gasteiger partial charge in [-0.25, -0.2) is 4.79 Å². The molecular formula is C9H13NO3S. The molecule has 78 valence electrons. The van der Waals surface area contributed by atoms with Crippen molar-refractivity contribution in [3.63, 3.8) is 0 Å². The molecule has 14 heavy (non-hydrogen) atoms. The van der Waals surface area contributed by atoms with Crippen molar-refractivity contribution < 1.29 is 14.3 Å². The summed E-state index contributed by atoms with van der Waals surface area (Å²) in [5, 5.41) is 8.77. The van der Waals surface area contributed by atoms with Crippen molar-refractivity contribution in [2.75, 3.05) is 5.75 Å². The molecular weight excluding hydrogens is 202 g/mol. The molecule has 1 aromatic heterocycles. The lowest BCUT2D eigenvalue weighted by Gasteiger charge is -2.03. The van der Waals surface area contributed by atoms with Crippen molar-refractivity contribution in [1.82, 2.24) is 0 Å². The van der Waals surface area contributed by atoms with E-state index in [1.54, 1.807) is 11.8 Å². The molecule has 5 heteroatoms. The highest BCUT2D eigenvalue weighted by Crippen LogP contribution is 2.18. The van der Waals surface area contributed by atoms with Crippen LogP contribution in [-0.4, -0.2) is 22.9 Å². The largest absolute Gasteiger partial charge is 0.478 e. The molecule has 1 atom stereocenters. The number of rotatable bonds is 5. The van der Waals surface area contributed by atoms with Gasteiger partial charge in [-0.2, -0.15) is 11.8 Å². The van der Waals surface area contributed by atoms with E-state index in [-0.39, 0.29) is 11.6 Å². The van der Waals surface area contributed by atoms with E-state index < -0.39 is 5.97 Å². The molecule has 0 spiro atoms. The quantitative estimate of drug-likeness (QED) is 0.779. The smallest absolute Gasteiger partial charge is 0.339 e. The van der Waals surface area contributed by atoms with Gasteiger partial charge in [0.2, 0.25) is 0 Å². The molecule has 0 aromatic carbocycles. The number of furan rings is 1. The number of carbonyl (C=O) groups is 1. The predicted octanol–water partition coefficient (Wildman–Crippen LogP) is 1.56. The third-order valence-electron chi connectivity index (χ3n) is 1.59. The molecule has 0 radical (unpaired) electrons. The Balaban J connectivity index is 2.50. The Bertz CT molecular complexity index is 309. The molecule has 0 aliphatic rings. The van der Waals surface area contributed by atoms with Gasteiger partial charge < -0.3 is 15.3 Å². The molecule has 0 aliphatic heterocycles. The zero-order valence-electron chi connectivity index (χ0n) is 7.90. The number of aromatic carboxylic acids is 1. The van der Waals surface area contributed by atoms with Gasteiger partial charge in [-0.15, -0.1) is 0 Å². The van der Waals surface area contributed by atoms with E-state index in [1.165, 1.54) is 12.3 Å². The predicted molar refractivity (Wildman–Crippen MR) is 55.5 cm³/mol. The van der Waals surface area contributed by atoms with Gasteiger partial charge >= 0.3 is 5.97 Å².